The smallest absolute Gasteiger partial charge is 0.150 e. The van der Waals surface area contributed by atoms with Crippen LogP contribution in [-0.4, -0.2) is 11.0 Å². The Morgan fingerprint density at radius 3 is 2.39 bits per heavy atom. The molecule has 1 fully saturated rings. The molecule has 3 N–H and O–H groups in total. The monoisotopic (exact) mass is 270 g/mol. The van der Waals surface area contributed by atoms with E-state index < -0.39 is 11.6 Å². The molecular weight excluding hydrogens is 254 g/mol. The molecule has 98 valence electrons. The summed E-state index contributed by atoms with van der Waals surface area (Å²) in [5, 5.41) is 2.96. The Bertz CT molecular complexity index is 453. The summed E-state index contributed by atoms with van der Waals surface area (Å²) in [6, 6.07) is 2.48. The Morgan fingerprint density at radius 2 is 1.94 bits per heavy atom. The second-order valence-electron chi connectivity index (χ2n) is 4.84. The Morgan fingerprint density at radius 1 is 1.33 bits per heavy atom. The summed E-state index contributed by atoms with van der Waals surface area (Å²) in [7, 11) is 0. The lowest BCUT2D eigenvalue weighted by Crippen LogP contribution is -2.23. The van der Waals surface area contributed by atoms with E-state index in [1.54, 1.807) is 0 Å². The van der Waals surface area contributed by atoms with Gasteiger partial charge in [0.25, 0.3) is 0 Å². The molecule has 2 unspecified atom stereocenters. The van der Waals surface area contributed by atoms with E-state index in [0.717, 1.165) is 19.3 Å². The molecule has 1 saturated carbocycles. The summed E-state index contributed by atoms with van der Waals surface area (Å²) >= 11 is 4.71. The standard InChI is InChI=1S/C13H16F2N2S/c1-7-3-2-4-11(7)17-12-9(14)5-8(13(16)18)6-10(12)15/h5-7,11,17H,2-4H2,1H3,(H2,16,18). The Hall–Kier alpha value is -1.23. The van der Waals surface area contributed by atoms with Gasteiger partial charge < -0.3 is 11.1 Å². The highest BCUT2D eigenvalue weighted by Crippen LogP contribution is 2.30. The second-order valence-corrected chi connectivity index (χ2v) is 5.28. The van der Waals surface area contributed by atoms with Gasteiger partial charge >= 0.3 is 0 Å². The highest BCUT2D eigenvalue weighted by molar-refractivity contribution is 7.80. The van der Waals surface area contributed by atoms with Crippen LogP contribution in [0.5, 0.6) is 0 Å². The number of anilines is 1. The third kappa shape index (κ3) is 2.61. The van der Waals surface area contributed by atoms with Gasteiger partial charge in [-0.1, -0.05) is 25.6 Å². The molecule has 0 spiro atoms. The molecule has 18 heavy (non-hydrogen) atoms. The van der Waals surface area contributed by atoms with Crippen LogP contribution < -0.4 is 11.1 Å². The highest BCUT2D eigenvalue weighted by atomic mass is 32.1. The van der Waals surface area contributed by atoms with Crippen molar-refractivity contribution in [2.45, 2.75) is 32.2 Å². The first-order valence-corrected chi connectivity index (χ1v) is 6.45. The van der Waals surface area contributed by atoms with Crippen molar-refractivity contribution in [1.29, 1.82) is 0 Å². The first kappa shape index (κ1) is 13.2. The fraction of sp³-hybridized carbons (Fsp3) is 0.462. The van der Waals surface area contributed by atoms with Gasteiger partial charge in [-0.2, -0.15) is 0 Å². The van der Waals surface area contributed by atoms with Crippen LogP contribution in [0.4, 0.5) is 14.5 Å². The number of hydrogen-bond donors (Lipinski definition) is 2. The van der Waals surface area contributed by atoms with E-state index in [2.05, 4.69) is 12.2 Å². The van der Waals surface area contributed by atoms with Gasteiger partial charge in [0.05, 0.1) is 0 Å². The maximum atomic E-state index is 13.8. The fourth-order valence-electron chi connectivity index (χ4n) is 2.40. The third-order valence-corrected chi connectivity index (χ3v) is 3.75. The van der Waals surface area contributed by atoms with E-state index in [1.165, 1.54) is 12.1 Å². The van der Waals surface area contributed by atoms with Crippen molar-refractivity contribution in [3.05, 3.63) is 29.3 Å². The summed E-state index contributed by atoms with van der Waals surface area (Å²) < 4.78 is 27.7. The lowest BCUT2D eigenvalue weighted by Gasteiger charge is -2.20. The lowest BCUT2D eigenvalue weighted by atomic mass is 10.1. The first-order chi connectivity index (χ1) is 8.49. The van der Waals surface area contributed by atoms with Crippen LogP contribution in [0, 0.1) is 17.6 Å². The third-order valence-electron chi connectivity index (χ3n) is 3.52. The molecule has 0 bridgehead atoms. The summed E-state index contributed by atoms with van der Waals surface area (Å²) in [6.45, 7) is 2.09. The van der Waals surface area contributed by atoms with Crippen molar-refractivity contribution in [2.24, 2.45) is 11.7 Å². The SMILES string of the molecule is CC1CCCC1Nc1c(F)cc(C(N)=S)cc1F. The number of nitrogens with one attached hydrogen (secondary N) is 1. The zero-order valence-corrected chi connectivity index (χ0v) is 11.0. The predicted octanol–water partition coefficient (Wildman–Crippen LogP) is 3.20. The predicted molar refractivity (Wildman–Crippen MR) is 72.7 cm³/mol. The van der Waals surface area contributed by atoms with Crippen molar-refractivity contribution < 1.29 is 8.78 Å². The summed E-state index contributed by atoms with van der Waals surface area (Å²) in [5.41, 5.74) is 5.50. The van der Waals surface area contributed by atoms with Crippen molar-refractivity contribution in [3.8, 4) is 0 Å². The molecule has 1 aliphatic rings. The average Bonchev–Trinajstić information content (AvgIpc) is 2.69. The highest BCUT2D eigenvalue weighted by Gasteiger charge is 2.25. The van der Waals surface area contributed by atoms with E-state index in [0.29, 0.717) is 5.92 Å². The maximum absolute atomic E-state index is 13.8. The van der Waals surface area contributed by atoms with E-state index in [-0.39, 0.29) is 22.3 Å². The number of hydrogen-bond acceptors (Lipinski definition) is 2. The van der Waals surface area contributed by atoms with Gasteiger partial charge in [-0.05, 0) is 30.9 Å². The minimum absolute atomic E-state index is 0.00594. The molecule has 5 heteroatoms. The Balaban J connectivity index is 2.25. The molecule has 2 atom stereocenters. The van der Waals surface area contributed by atoms with Crippen LogP contribution in [0.1, 0.15) is 31.7 Å². The van der Waals surface area contributed by atoms with Crippen LogP contribution in [-0.2, 0) is 0 Å². The molecule has 0 heterocycles. The molecule has 1 aromatic carbocycles. The molecule has 0 radical (unpaired) electrons. The van der Waals surface area contributed by atoms with E-state index in [4.69, 9.17) is 18.0 Å². The van der Waals surface area contributed by atoms with Crippen molar-refractivity contribution in [2.75, 3.05) is 5.32 Å². The number of rotatable bonds is 3. The Labute approximate surface area is 111 Å². The lowest BCUT2D eigenvalue weighted by molar-refractivity contribution is 0.537. The van der Waals surface area contributed by atoms with Gasteiger partial charge in [0.2, 0.25) is 0 Å². The quantitative estimate of drug-likeness (QED) is 0.828. The van der Waals surface area contributed by atoms with E-state index in [1.807, 2.05) is 0 Å². The van der Waals surface area contributed by atoms with Crippen LogP contribution in [0.15, 0.2) is 12.1 Å². The van der Waals surface area contributed by atoms with Gasteiger partial charge in [-0.15, -0.1) is 0 Å². The number of thiocarbonyl (C=S) groups is 1. The molecular formula is C13H16F2N2S. The van der Waals surface area contributed by atoms with Crippen LogP contribution in [0.25, 0.3) is 0 Å². The van der Waals surface area contributed by atoms with E-state index >= 15 is 0 Å². The zero-order valence-electron chi connectivity index (χ0n) is 10.2. The van der Waals surface area contributed by atoms with Crippen molar-refractivity contribution in [1.82, 2.24) is 0 Å². The molecule has 1 aromatic rings. The minimum Gasteiger partial charge on any atom is -0.389 e. The van der Waals surface area contributed by atoms with Gasteiger partial charge in [0.1, 0.15) is 22.3 Å². The average molecular weight is 270 g/mol. The summed E-state index contributed by atoms with van der Waals surface area (Å²) in [5.74, 6) is -0.854. The molecule has 2 rings (SSSR count). The molecule has 0 saturated heterocycles. The van der Waals surface area contributed by atoms with Crippen LogP contribution in [0.3, 0.4) is 0 Å². The van der Waals surface area contributed by atoms with Crippen molar-refractivity contribution >= 4 is 22.9 Å². The zero-order chi connectivity index (χ0) is 13.3. The van der Waals surface area contributed by atoms with E-state index in [9.17, 15) is 8.78 Å². The normalized spacial score (nSPS) is 23.1. The fourth-order valence-corrected chi connectivity index (χ4v) is 2.52. The van der Waals surface area contributed by atoms with Gasteiger partial charge in [0, 0.05) is 11.6 Å². The topological polar surface area (TPSA) is 38.0 Å². The largest absolute Gasteiger partial charge is 0.389 e. The number of halogens is 2. The molecule has 0 amide bonds. The molecule has 1 aliphatic carbocycles. The first-order valence-electron chi connectivity index (χ1n) is 6.04. The Kier molecular flexibility index (Phi) is 3.80. The number of benzene rings is 1. The van der Waals surface area contributed by atoms with Crippen molar-refractivity contribution in [3.63, 3.8) is 0 Å². The van der Waals surface area contributed by atoms with Crippen LogP contribution in [0.2, 0.25) is 0 Å². The molecule has 0 aliphatic heterocycles. The van der Waals surface area contributed by atoms with Crippen LogP contribution >= 0.6 is 12.2 Å². The van der Waals surface area contributed by atoms with Gasteiger partial charge in [-0.25, -0.2) is 8.78 Å². The minimum atomic E-state index is -0.642. The number of nitrogens with two attached hydrogens (primary N) is 1. The summed E-state index contributed by atoms with van der Waals surface area (Å²) in [4.78, 5) is -0.00594. The second kappa shape index (κ2) is 5.18. The molecule has 2 nitrogen and oxygen atoms in total. The van der Waals surface area contributed by atoms with Gasteiger partial charge in [-0.3, -0.25) is 0 Å². The maximum Gasteiger partial charge on any atom is 0.150 e. The summed E-state index contributed by atoms with van der Waals surface area (Å²) in [6.07, 6.45) is 3.12. The molecule has 0 aromatic heterocycles. The van der Waals surface area contributed by atoms with Gasteiger partial charge in [0.15, 0.2) is 0 Å².